The van der Waals surface area contributed by atoms with Crippen LogP contribution in [0.2, 0.25) is 0 Å². The van der Waals surface area contributed by atoms with Gasteiger partial charge in [0.05, 0.1) is 18.8 Å². The van der Waals surface area contributed by atoms with Crippen LogP contribution >= 0.6 is 0 Å². The number of nitrogens with zero attached hydrogens (tertiary/aromatic N) is 2. The zero-order valence-electron chi connectivity index (χ0n) is 14.9. The van der Waals surface area contributed by atoms with Gasteiger partial charge in [0.15, 0.2) is 0 Å². The van der Waals surface area contributed by atoms with E-state index in [0.29, 0.717) is 44.4 Å². The monoisotopic (exact) mass is 363 g/mol. The molecule has 27 heavy (non-hydrogen) atoms. The number of aromatic nitrogens is 1. The van der Waals surface area contributed by atoms with Crippen molar-refractivity contribution in [3.8, 4) is 17.2 Å². The van der Waals surface area contributed by atoms with Crippen molar-refractivity contribution in [2.75, 3.05) is 19.7 Å². The van der Waals surface area contributed by atoms with Gasteiger partial charge in [-0.25, -0.2) is 4.98 Å². The Morgan fingerprint density at radius 2 is 1.93 bits per heavy atom. The lowest BCUT2D eigenvalue weighted by molar-refractivity contribution is -0.122. The Labute approximate surface area is 157 Å². The molecule has 0 aliphatic carbocycles. The molecule has 2 heterocycles. The molecule has 6 nitrogen and oxygen atoms in total. The molecule has 0 radical (unpaired) electrons. The van der Waals surface area contributed by atoms with Gasteiger partial charge in [-0.15, -0.1) is 0 Å². The van der Waals surface area contributed by atoms with Crippen LogP contribution < -0.4 is 10.1 Å². The Morgan fingerprint density at radius 1 is 1.11 bits per heavy atom. The average Bonchev–Trinajstić information content (AvgIpc) is 3.08. The zero-order valence-corrected chi connectivity index (χ0v) is 14.9. The van der Waals surface area contributed by atoms with E-state index in [-0.39, 0.29) is 5.91 Å². The molecular weight excluding hydrogens is 342 g/mol. The first-order valence-electron chi connectivity index (χ1n) is 8.97. The lowest BCUT2D eigenvalue weighted by Crippen LogP contribution is -2.37. The molecule has 2 aromatic carbocycles. The number of ether oxygens (including phenoxy) is 1. The molecule has 1 aliphatic heterocycles. The van der Waals surface area contributed by atoms with Crippen LogP contribution in [0.4, 0.5) is 0 Å². The summed E-state index contributed by atoms with van der Waals surface area (Å²) in [6, 6.07) is 17.6. The number of benzene rings is 2. The van der Waals surface area contributed by atoms with E-state index in [9.17, 15) is 4.79 Å². The Morgan fingerprint density at radius 3 is 2.81 bits per heavy atom. The minimum Gasteiger partial charge on any atom is -0.492 e. The van der Waals surface area contributed by atoms with Crippen LogP contribution in [0.1, 0.15) is 11.3 Å². The number of hydrogen-bond donors (Lipinski definition) is 1. The summed E-state index contributed by atoms with van der Waals surface area (Å²) >= 11 is 0. The first-order chi connectivity index (χ1) is 13.3. The highest BCUT2D eigenvalue weighted by molar-refractivity contribution is 5.78. The fourth-order valence-corrected chi connectivity index (χ4v) is 3.06. The molecule has 3 aromatic rings. The zero-order chi connectivity index (χ0) is 18.5. The second kappa shape index (κ2) is 8.05. The van der Waals surface area contributed by atoms with Gasteiger partial charge in [-0.3, -0.25) is 9.69 Å². The molecule has 0 saturated heterocycles. The largest absolute Gasteiger partial charge is 0.492 e. The van der Waals surface area contributed by atoms with Crippen LogP contribution in [0.3, 0.4) is 0 Å². The van der Waals surface area contributed by atoms with E-state index >= 15 is 0 Å². The van der Waals surface area contributed by atoms with Gasteiger partial charge < -0.3 is 14.5 Å². The standard InChI is InChI=1S/C21H21N3O3/c25-20(14-24-10-11-26-19-9-5-4-8-17(19)13-24)22-12-18-15-27-21(23-18)16-6-2-1-3-7-16/h1-9,15H,10-14H2,(H,22,25). The molecule has 0 spiro atoms. The van der Waals surface area contributed by atoms with Crippen molar-refractivity contribution in [2.24, 2.45) is 0 Å². The van der Waals surface area contributed by atoms with Crippen LogP contribution in [0, 0.1) is 0 Å². The van der Waals surface area contributed by atoms with Gasteiger partial charge in [-0.1, -0.05) is 36.4 Å². The highest BCUT2D eigenvalue weighted by Gasteiger charge is 2.17. The number of amides is 1. The van der Waals surface area contributed by atoms with Gasteiger partial charge in [0.2, 0.25) is 11.8 Å². The minimum atomic E-state index is -0.0429. The Bertz CT molecular complexity index is 908. The summed E-state index contributed by atoms with van der Waals surface area (Å²) in [6.07, 6.45) is 1.58. The van der Waals surface area contributed by atoms with E-state index in [1.807, 2.05) is 54.6 Å². The molecule has 6 heteroatoms. The van der Waals surface area contributed by atoms with Crippen molar-refractivity contribution in [2.45, 2.75) is 13.1 Å². The van der Waals surface area contributed by atoms with Gasteiger partial charge in [-0.2, -0.15) is 0 Å². The van der Waals surface area contributed by atoms with Gasteiger partial charge in [0.25, 0.3) is 0 Å². The Hall–Kier alpha value is -3.12. The highest BCUT2D eigenvalue weighted by Crippen LogP contribution is 2.22. The smallest absolute Gasteiger partial charge is 0.234 e. The first-order valence-corrected chi connectivity index (χ1v) is 8.97. The number of rotatable bonds is 5. The van der Waals surface area contributed by atoms with Crippen molar-refractivity contribution >= 4 is 5.91 Å². The number of carbonyl (C=O) groups is 1. The van der Waals surface area contributed by atoms with Crippen LogP contribution in [0.25, 0.3) is 11.5 Å². The topological polar surface area (TPSA) is 67.6 Å². The average molecular weight is 363 g/mol. The summed E-state index contributed by atoms with van der Waals surface area (Å²) in [5, 5.41) is 2.91. The summed E-state index contributed by atoms with van der Waals surface area (Å²) in [6.45, 7) is 2.65. The van der Waals surface area contributed by atoms with Crippen molar-refractivity contribution in [3.05, 3.63) is 72.1 Å². The normalized spacial score (nSPS) is 14.1. The van der Waals surface area contributed by atoms with Crippen LogP contribution in [-0.4, -0.2) is 35.5 Å². The number of para-hydroxylation sites is 1. The summed E-state index contributed by atoms with van der Waals surface area (Å²) in [5.74, 6) is 1.41. The number of oxazole rings is 1. The van der Waals surface area contributed by atoms with Crippen LogP contribution in [-0.2, 0) is 17.9 Å². The third kappa shape index (κ3) is 4.35. The molecule has 1 N–H and O–H groups in total. The predicted molar refractivity (Wildman–Crippen MR) is 101 cm³/mol. The predicted octanol–water partition coefficient (Wildman–Crippen LogP) is 2.85. The second-order valence-corrected chi connectivity index (χ2v) is 6.45. The molecule has 138 valence electrons. The molecule has 1 amide bonds. The summed E-state index contributed by atoms with van der Waals surface area (Å²) in [5.41, 5.74) is 2.72. The maximum Gasteiger partial charge on any atom is 0.234 e. The van der Waals surface area contributed by atoms with Crippen molar-refractivity contribution in [1.82, 2.24) is 15.2 Å². The summed E-state index contributed by atoms with van der Waals surface area (Å²) in [7, 11) is 0. The SMILES string of the molecule is O=C(CN1CCOc2ccccc2C1)NCc1coc(-c2ccccc2)n1. The van der Waals surface area contributed by atoms with E-state index < -0.39 is 0 Å². The van der Waals surface area contributed by atoms with Crippen LogP contribution in [0.15, 0.2) is 65.3 Å². The molecular formula is C21H21N3O3. The van der Waals surface area contributed by atoms with Gasteiger partial charge >= 0.3 is 0 Å². The van der Waals surface area contributed by atoms with E-state index in [4.69, 9.17) is 9.15 Å². The van der Waals surface area contributed by atoms with Gasteiger partial charge in [0.1, 0.15) is 18.6 Å². The molecule has 0 bridgehead atoms. The van der Waals surface area contributed by atoms with Crippen molar-refractivity contribution < 1.29 is 13.9 Å². The lowest BCUT2D eigenvalue weighted by atomic mass is 10.2. The number of fused-ring (bicyclic) bond motifs is 1. The van der Waals surface area contributed by atoms with Crippen molar-refractivity contribution in [3.63, 3.8) is 0 Å². The fourth-order valence-electron chi connectivity index (χ4n) is 3.06. The fraction of sp³-hybridized carbons (Fsp3) is 0.238. The van der Waals surface area contributed by atoms with E-state index in [2.05, 4.69) is 15.2 Å². The van der Waals surface area contributed by atoms with Gasteiger partial charge in [-0.05, 0) is 18.2 Å². The minimum absolute atomic E-state index is 0.0429. The molecule has 0 unspecified atom stereocenters. The molecule has 1 aliphatic rings. The molecule has 1 aromatic heterocycles. The van der Waals surface area contributed by atoms with Gasteiger partial charge in [0, 0.05) is 24.2 Å². The third-order valence-corrected chi connectivity index (χ3v) is 4.44. The maximum atomic E-state index is 12.3. The molecule has 0 saturated carbocycles. The molecule has 0 fully saturated rings. The second-order valence-electron chi connectivity index (χ2n) is 6.45. The first kappa shape index (κ1) is 17.3. The highest BCUT2D eigenvalue weighted by atomic mass is 16.5. The molecule has 0 atom stereocenters. The molecule has 4 rings (SSSR count). The van der Waals surface area contributed by atoms with E-state index in [1.54, 1.807) is 6.26 Å². The van der Waals surface area contributed by atoms with E-state index in [0.717, 1.165) is 16.9 Å². The number of nitrogens with one attached hydrogen (secondary N) is 1. The third-order valence-electron chi connectivity index (χ3n) is 4.44. The number of hydrogen-bond acceptors (Lipinski definition) is 5. The Kier molecular flexibility index (Phi) is 5.16. The quantitative estimate of drug-likeness (QED) is 0.755. The van der Waals surface area contributed by atoms with E-state index in [1.165, 1.54) is 0 Å². The lowest BCUT2D eigenvalue weighted by Gasteiger charge is -2.18. The number of carbonyl (C=O) groups excluding carboxylic acids is 1. The summed E-state index contributed by atoms with van der Waals surface area (Å²) < 4.78 is 11.2. The van der Waals surface area contributed by atoms with Crippen molar-refractivity contribution in [1.29, 1.82) is 0 Å². The Balaban J connectivity index is 1.31. The van der Waals surface area contributed by atoms with Crippen LogP contribution in [0.5, 0.6) is 5.75 Å². The maximum absolute atomic E-state index is 12.3. The summed E-state index contributed by atoms with van der Waals surface area (Å²) in [4.78, 5) is 18.8.